The van der Waals surface area contributed by atoms with Crippen LogP contribution in [0.15, 0.2) is 48.5 Å². The summed E-state index contributed by atoms with van der Waals surface area (Å²) in [7, 11) is 0. The van der Waals surface area contributed by atoms with Crippen LogP contribution in [0.2, 0.25) is 0 Å². The quantitative estimate of drug-likeness (QED) is 0.840. The first-order valence-electron chi connectivity index (χ1n) is 7.11. The minimum atomic E-state index is -1.33. The molecule has 6 nitrogen and oxygen atoms in total. The predicted octanol–water partition coefficient (Wildman–Crippen LogP) is 1.55. The van der Waals surface area contributed by atoms with Crippen molar-refractivity contribution in [2.24, 2.45) is 0 Å². The van der Waals surface area contributed by atoms with E-state index < -0.39 is 30.0 Å². The van der Waals surface area contributed by atoms with Crippen LogP contribution in [0, 0.1) is 5.82 Å². The fourth-order valence-electron chi connectivity index (χ4n) is 1.95. The number of carboxylic acid groups (broad SMARTS) is 1. The fraction of sp³-hybridized carbons (Fsp3) is 0.118. The summed E-state index contributed by atoms with van der Waals surface area (Å²) >= 11 is 0. The molecule has 0 bridgehead atoms. The highest BCUT2D eigenvalue weighted by Gasteiger charge is 2.13. The molecule has 0 spiro atoms. The van der Waals surface area contributed by atoms with Crippen LogP contribution >= 0.6 is 0 Å². The molecule has 0 aliphatic heterocycles. The number of benzene rings is 2. The summed E-state index contributed by atoms with van der Waals surface area (Å²) in [5.41, 5.74) is 0.851. The van der Waals surface area contributed by atoms with Gasteiger partial charge in [0.25, 0.3) is 5.91 Å². The topological polar surface area (TPSA) is 98.3 Å². The molecule has 0 heterocycles. The average molecular weight is 329 g/mol. The van der Waals surface area contributed by atoms with Gasteiger partial charge in [0.1, 0.15) is 5.82 Å². The second-order valence-corrected chi connectivity index (χ2v) is 4.93. The van der Waals surface area contributed by atoms with Crippen molar-refractivity contribution >= 4 is 29.2 Å². The zero-order valence-electron chi connectivity index (χ0n) is 12.5. The van der Waals surface area contributed by atoms with Gasteiger partial charge < -0.3 is 20.5 Å². The minimum absolute atomic E-state index is 0.198. The molecule has 7 heteroatoms. The number of aliphatic carboxylic acids is 1. The molecule has 0 fully saturated rings. The highest BCUT2D eigenvalue weighted by molar-refractivity contribution is 6.10. The molecule has 2 N–H and O–H groups in total. The standard InChI is InChI=1S/C17H15FN2O4/c18-11-5-7-12(8-6-11)19-17(24)13-3-1-2-4-14(13)20-15(21)9-10-16(22)23/h1-8H,9-10H2,(H,19,24)(H,20,21)(H,22,23)/p-1. The number of anilines is 2. The number of hydrogen-bond acceptors (Lipinski definition) is 4. The van der Waals surface area contributed by atoms with Gasteiger partial charge >= 0.3 is 0 Å². The smallest absolute Gasteiger partial charge is 0.257 e. The van der Waals surface area contributed by atoms with Gasteiger partial charge in [-0.2, -0.15) is 0 Å². The molecule has 0 aliphatic carbocycles. The molecular weight excluding hydrogens is 315 g/mol. The maximum Gasteiger partial charge on any atom is 0.257 e. The van der Waals surface area contributed by atoms with Gasteiger partial charge in [0.2, 0.25) is 5.91 Å². The molecule has 2 aromatic carbocycles. The number of para-hydroxylation sites is 1. The Morgan fingerprint density at radius 3 is 2.25 bits per heavy atom. The molecule has 0 aliphatic rings. The van der Waals surface area contributed by atoms with Gasteiger partial charge in [-0.05, 0) is 42.8 Å². The van der Waals surface area contributed by atoms with Gasteiger partial charge in [0.15, 0.2) is 0 Å². The molecular formula is C17H14FN2O4-. The van der Waals surface area contributed by atoms with Crippen LogP contribution in [0.4, 0.5) is 15.8 Å². The maximum atomic E-state index is 12.9. The number of carbonyl (C=O) groups excluding carboxylic acids is 3. The van der Waals surface area contributed by atoms with Crippen LogP contribution in [-0.2, 0) is 9.59 Å². The van der Waals surface area contributed by atoms with Crippen LogP contribution in [0.5, 0.6) is 0 Å². The SMILES string of the molecule is O=C([O-])CCC(=O)Nc1ccccc1C(=O)Nc1ccc(F)cc1. The highest BCUT2D eigenvalue weighted by Crippen LogP contribution is 2.18. The van der Waals surface area contributed by atoms with Crippen molar-refractivity contribution in [3.05, 3.63) is 59.9 Å². The summed E-state index contributed by atoms with van der Waals surface area (Å²) in [4.78, 5) is 34.4. The van der Waals surface area contributed by atoms with E-state index in [2.05, 4.69) is 10.6 Å². The first kappa shape index (κ1) is 17.1. The van der Waals surface area contributed by atoms with Gasteiger partial charge in [0, 0.05) is 18.1 Å². The Labute approximate surface area is 137 Å². The van der Waals surface area contributed by atoms with Gasteiger partial charge in [-0.1, -0.05) is 12.1 Å². The lowest BCUT2D eigenvalue weighted by atomic mass is 10.1. The van der Waals surface area contributed by atoms with Crippen LogP contribution in [-0.4, -0.2) is 17.8 Å². The maximum absolute atomic E-state index is 12.9. The summed E-state index contributed by atoms with van der Waals surface area (Å²) in [5.74, 6) is -2.78. The number of rotatable bonds is 6. The largest absolute Gasteiger partial charge is 0.550 e. The number of nitrogens with one attached hydrogen (secondary N) is 2. The van der Waals surface area contributed by atoms with Gasteiger partial charge in [-0.3, -0.25) is 9.59 Å². The normalized spacial score (nSPS) is 10.0. The molecule has 0 atom stereocenters. The Balaban J connectivity index is 2.09. The predicted molar refractivity (Wildman–Crippen MR) is 83.7 cm³/mol. The van der Waals surface area contributed by atoms with E-state index in [9.17, 15) is 23.9 Å². The van der Waals surface area contributed by atoms with E-state index in [1.54, 1.807) is 12.1 Å². The van der Waals surface area contributed by atoms with Crippen molar-refractivity contribution in [3.8, 4) is 0 Å². The lowest BCUT2D eigenvalue weighted by Gasteiger charge is -2.11. The van der Waals surface area contributed by atoms with Crippen molar-refractivity contribution in [3.63, 3.8) is 0 Å². The monoisotopic (exact) mass is 329 g/mol. The van der Waals surface area contributed by atoms with E-state index in [1.807, 2.05) is 0 Å². The van der Waals surface area contributed by atoms with Crippen LogP contribution in [0.25, 0.3) is 0 Å². The highest BCUT2D eigenvalue weighted by atomic mass is 19.1. The molecule has 0 saturated heterocycles. The van der Waals surface area contributed by atoms with Crippen molar-refractivity contribution in [2.75, 3.05) is 10.6 Å². The van der Waals surface area contributed by atoms with E-state index >= 15 is 0 Å². The fourth-order valence-corrected chi connectivity index (χ4v) is 1.95. The summed E-state index contributed by atoms with van der Waals surface area (Å²) in [6, 6.07) is 11.5. The Morgan fingerprint density at radius 1 is 0.917 bits per heavy atom. The second kappa shape index (κ2) is 7.87. The first-order valence-corrected chi connectivity index (χ1v) is 7.11. The molecule has 2 rings (SSSR count). The Morgan fingerprint density at radius 2 is 1.58 bits per heavy atom. The summed E-state index contributed by atoms with van der Waals surface area (Å²) in [6.45, 7) is 0. The molecule has 0 radical (unpaired) electrons. The van der Waals surface area contributed by atoms with Crippen LogP contribution in [0.1, 0.15) is 23.2 Å². The molecule has 2 aromatic rings. The third-order valence-corrected chi connectivity index (χ3v) is 3.10. The van der Waals surface area contributed by atoms with E-state index in [4.69, 9.17) is 0 Å². The lowest BCUT2D eigenvalue weighted by Crippen LogP contribution is -2.24. The van der Waals surface area contributed by atoms with Crippen molar-refractivity contribution < 1.29 is 23.9 Å². The van der Waals surface area contributed by atoms with Gasteiger partial charge in [-0.15, -0.1) is 0 Å². The molecule has 24 heavy (non-hydrogen) atoms. The third-order valence-electron chi connectivity index (χ3n) is 3.10. The number of hydrogen-bond donors (Lipinski definition) is 2. The molecule has 0 unspecified atom stereocenters. The van der Waals surface area contributed by atoms with E-state index in [0.717, 1.165) is 0 Å². The average Bonchev–Trinajstić information content (AvgIpc) is 2.55. The van der Waals surface area contributed by atoms with E-state index in [-0.39, 0.29) is 17.7 Å². The van der Waals surface area contributed by atoms with Crippen LogP contribution in [0.3, 0.4) is 0 Å². The number of halogens is 1. The third kappa shape index (κ3) is 4.91. The first-order chi connectivity index (χ1) is 11.5. The van der Waals surface area contributed by atoms with E-state index in [1.165, 1.54) is 36.4 Å². The number of carbonyl (C=O) groups is 3. The zero-order chi connectivity index (χ0) is 17.5. The number of amides is 2. The Bertz CT molecular complexity index is 759. The van der Waals surface area contributed by atoms with Gasteiger partial charge in [-0.25, -0.2) is 4.39 Å². The summed E-state index contributed by atoms with van der Waals surface area (Å²) in [6.07, 6.45) is -0.661. The summed E-state index contributed by atoms with van der Waals surface area (Å²) in [5, 5.41) is 15.5. The minimum Gasteiger partial charge on any atom is -0.550 e. The Hall–Kier alpha value is -3.22. The van der Waals surface area contributed by atoms with Crippen molar-refractivity contribution in [2.45, 2.75) is 12.8 Å². The van der Waals surface area contributed by atoms with E-state index in [0.29, 0.717) is 5.69 Å². The molecule has 2 amide bonds. The molecule has 0 aromatic heterocycles. The van der Waals surface area contributed by atoms with Crippen LogP contribution < -0.4 is 15.7 Å². The second-order valence-electron chi connectivity index (χ2n) is 4.93. The van der Waals surface area contributed by atoms with Gasteiger partial charge in [0.05, 0.1) is 11.3 Å². The Kier molecular flexibility index (Phi) is 5.62. The lowest BCUT2D eigenvalue weighted by molar-refractivity contribution is -0.305. The number of carboxylic acids is 1. The van der Waals surface area contributed by atoms with Crippen molar-refractivity contribution in [1.82, 2.24) is 0 Å². The zero-order valence-corrected chi connectivity index (χ0v) is 12.5. The van der Waals surface area contributed by atoms with Crippen molar-refractivity contribution in [1.29, 1.82) is 0 Å². The summed E-state index contributed by atoms with van der Waals surface area (Å²) < 4.78 is 12.9. The molecule has 124 valence electrons. The molecule has 0 saturated carbocycles.